The highest BCUT2D eigenvalue weighted by Crippen LogP contribution is 2.65. The number of oxime groups is 1. The first kappa shape index (κ1) is 21.1. The standard InChI is InChI=1S/C22H24BrN5O4/c23-17-12-27(25-20(17)28(30)31)22-9-14-6-15(10-22)8-21(7-14,13-22)11-18(29)32-26-19(24)16-4-2-1-3-5-16/h1-5,12,14-15H,6-11,13H2,(H2,24,26). The first-order valence-corrected chi connectivity index (χ1v) is 11.6. The third kappa shape index (κ3) is 3.70. The minimum atomic E-state index is -0.469. The van der Waals surface area contributed by atoms with E-state index in [1.54, 1.807) is 23.0 Å². The minimum absolute atomic E-state index is 0.162. The Morgan fingerprint density at radius 1 is 1.28 bits per heavy atom. The topological polar surface area (TPSA) is 126 Å². The van der Waals surface area contributed by atoms with Gasteiger partial charge in [0.25, 0.3) is 0 Å². The van der Waals surface area contributed by atoms with Gasteiger partial charge in [0.2, 0.25) is 0 Å². The van der Waals surface area contributed by atoms with Crippen LogP contribution < -0.4 is 5.73 Å². The molecule has 1 aromatic heterocycles. The molecule has 1 heterocycles. The molecule has 0 amide bonds. The highest BCUT2D eigenvalue weighted by atomic mass is 79.9. The quantitative estimate of drug-likeness (QED) is 0.208. The molecule has 0 aliphatic heterocycles. The number of rotatable bonds is 6. The zero-order valence-electron chi connectivity index (χ0n) is 17.4. The van der Waals surface area contributed by atoms with E-state index in [1.807, 2.05) is 18.2 Å². The number of aromatic nitrogens is 2. The van der Waals surface area contributed by atoms with Crippen LogP contribution in [0.4, 0.5) is 5.82 Å². The van der Waals surface area contributed by atoms with Crippen molar-refractivity contribution in [3.8, 4) is 0 Å². The van der Waals surface area contributed by atoms with E-state index in [0.29, 0.717) is 21.9 Å². The van der Waals surface area contributed by atoms with Crippen LogP contribution in [0.2, 0.25) is 0 Å². The molecule has 10 heteroatoms. The maximum Gasteiger partial charge on any atom is 0.404 e. The first-order chi connectivity index (χ1) is 15.3. The molecule has 2 unspecified atom stereocenters. The lowest BCUT2D eigenvalue weighted by molar-refractivity contribution is -0.390. The molecule has 0 saturated heterocycles. The molecule has 4 fully saturated rings. The Hall–Kier alpha value is -2.75. The fraction of sp³-hybridized carbons (Fsp3) is 0.500. The summed E-state index contributed by atoms with van der Waals surface area (Å²) in [5, 5.41) is 19.5. The van der Waals surface area contributed by atoms with E-state index in [-0.39, 0.29) is 29.0 Å². The summed E-state index contributed by atoms with van der Waals surface area (Å²) in [4.78, 5) is 28.8. The molecular formula is C22H24BrN5O4. The number of nitrogens with two attached hydrogens (primary N) is 1. The fourth-order valence-corrected chi connectivity index (χ4v) is 7.11. The van der Waals surface area contributed by atoms with Crippen LogP contribution in [0.3, 0.4) is 0 Å². The Kier molecular flexibility index (Phi) is 5.07. The summed E-state index contributed by atoms with van der Waals surface area (Å²) in [6.07, 6.45) is 7.67. The molecule has 6 rings (SSSR count). The zero-order valence-corrected chi connectivity index (χ0v) is 19.0. The van der Waals surface area contributed by atoms with Gasteiger partial charge in [-0.15, -0.1) is 0 Å². The van der Waals surface area contributed by atoms with Gasteiger partial charge in [-0.05, 0) is 76.6 Å². The lowest BCUT2D eigenvalue weighted by Gasteiger charge is -2.60. The molecule has 2 aromatic rings. The molecule has 2 N–H and O–H groups in total. The molecule has 2 atom stereocenters. The molecule has 9 nitrogen and oxygen atoms in total. The third-order valence-corrected chi connectivity index (χ3v) is 7.86. The van der Waals surface area contributed by atoms with E-state index in [4.69, 9.17) is 10.6 Å². The molecule has 1 aromatic carbocycles. The largest absolute Gasteiger partial charge is 0.404 e. The Labute approximate surface area is 193 Å². The number of halogens is 1. The van der Waals surface area contributed by atoms with Crippen LogP contribution in [0.1, 0.15) is 50.5 Å². The summed E-state index contributed by atoms with van der Waals surface area (Å²) in [5.41, 5.74) is 6.14. The zero-order chi connectivity index (χ0) is 22.5. The Morgan fingerprint density at radius 2 is 1.97 bits per heavy atom. The third-order valence-electron chi connectivity index (χ3n) is 7.30. The molecular weight excluding hydrogens is 478 g/mol. The van der Waals surface area contributed by atoms with Crippen molar-refractivity contribution in [2.75, 3.05) is 0 Å². The smallest absolute Gasteiger partial charge is 0.380 e. The second kappa shape index (κ2) is 7.68. The lowest BCUT2D eigenvalue weighted by atomic mass is 9.46. The van der Waals surface area contributed by atoms with Crippen molar-refractivity contribution in [1.29, 1.82) is 0 Å². The number of carbonyl (C=O) groups excluding carboxylic acids is 1. The molecule has 4 saturated carbocycles. The first-order valence-electron chi connectivity index (χ1n) is 10.8. The summed E-state index contributed by atoms with van der Waals surface area (Å²) in [7, 11) is 0. The van der Waals surface area contributed by atoms with Crippen molar-refractivity contribution in [3.05, 3.63) is 56.7 Å². The Morgan fingerprint density at radius 3 is 2.59 bits per heavy atom. The van der Waals surface area contributed by atoms with Crippen molar-refractivity contribution in [3.63, 3.8) is 0 Å². The lowest BCUT2D eigenvalue weighted by Crippen LogP contribution is -2.57. The minimum Gasteiger partial charge on any atom is -0.380 e. The second-order valence-electron chi connectivity index (χ2n) is 9.67. The van der Waals surface area contributed by atoms with Gasteiger partial charge in [0.15, 0.2) is 5.84 Å². The number of carbonyl (C=O) groups is 1. The number of nitro groups is 1. The molecule has 4 aliphatic carbocycles. The van der Waals surface area contributed by atoms with E-state index in [0.717, 1.165) is 38.5 Å². The van der Waals surface area contributed by atoms with E-state index in [2.05, 4.69) is 26.2 Å². The normalized spacial score (nSPS) is 31.0. The molecule has 0 spiro atoms. The van der Waals surface area contributed by atoms with Crippen LogP contribution in [-0.2, 0) is 15.2 Å². The van der Waals surface area contributed by atoms with Gasteiger partial charge in [-0.25, -0.2) is 4.79 Å². The van der Waals surface area contributed by atoms with Crippen LogP contribution >= 0.6 is 15.9 Å². The maximum absolute atomic E-state index is 12.7. The summed E-state index contributed by atoms with van der Waals surface area (Å²) in [6.45, 7) is 0. The SMILES string of the molecule is N/C(=N\OC(=O)CC12CC3CC(C1)CC(n1cc(Br)c([N+](=O)[O-])n1)(C3)C2)c1ccccc1. The summed E-state index contributed by atoms with van der Waals surface area (Å²) >= 11 is 3.28. The molecule has 168 valence electrons. The Balaban J connectivity index is 1.35. The van der Waals surface area contributed by atoms with Crippen molar-refractivity contribution in [2.24, 2.45) is 28.1 Å². The van der Waals surface area contributed by atoms with E-state index in [1.165, 1.54) is 0 Å². The van der Waals surface area contributed by atoms with Gasteiger partial charge >= 0.3 is 11.8 Å². The predicted octanol–water partition coefficient (Wildman–Crippen LogP) is 4.10. The highest BCUT2D eigenvalue weighted by molar-refractivity contribution is 9.10. The molecule has 4 bridgehead atoms. The van der Waals surface area contributed by atoms with Gasteiger partial charge in [-0.2, -0.15) is 4.68 Å². The van der Waals surface area contributed by atoms with Gasteiger partial charge in [-0.1, -0.05) is 35.5 Å². The number of amidine groups is 1. The van der Waals surface area contributed by atoms with Crippen LogP contribution in [0.15, 0.2) is 46.2 Å². The number of hydrogen-bond donors (Lipinski definition) is 1. The van der Waals surface area contributed by atoms with Crippen molar-refractivity contribution in [2.45, 2.75) is 50.5 Å². The summed E-state index contributed by atoms with van der Waals surface area (Å²) in [5.74, 6) is 0.552. The molecule has 0 radical (unpaired) electrons. The number of hydrogen-bond acceptors (Lipinski definition) is 6. The predicted molar refractivity (Wildman–Crippen MR) is 120 cm³/mol. The average Bonchev–Trinajstić information content (AvgIpc) is 3.14. The Bertz CT molecular complexity index is 1080. The number of benzene rings is 1. The molecule has 4 aliphatic rings. The number of nitrogens with zero attached hydrogens (tertiary/aromatic N) is 4. The monoisotopic (exact) mass is 501 g/mol. The molecule has 32 heavy (non-hydrogen) atoms. The fourth-order valence-electron chi connectivity index (χ4n) is 6.69. The van der Waals surface area contributed by atoms with Crippen molar-refractivity contribution >= 4 is 33.6 Å². The van der Waals surface area contributed by atoms with Gasteiger partial charge in [-0.3, -0.25) is 0 Å². The van der Waals surface area contributed by atoms with Gasteiger partial charge < -0.3 is 20.7 Å². The van der Waals surface area contributed by atoms with Crippen LogP contribution in [0, 0.1) is 27.4 Å². The van der Waals surface area contributed by atoms with Gasteiger partial charge in [0.1, 0.15) is 4.47 Å². The van der Waals surface area contributed by atoms with E-state index < -0.39 is 10.9 Å². The van der Waals surface area contributed by atoms with Crippen LogP contribution in [0.5, 0.6) is 0 Å². The van der Waals surface area contributed by atoms with E-state index in [9.17, 15) is 14.9 Å². The summed E-state index contributed by atoms with van der Waals surface area (Å²) in [6, 6.07) is 9.16. The maximum atomic E-state index is 12.7. The van der Waals surface area contributed by atoms with Crippen molar-refractivity contribution in [1.82, 2.24) is 9.78 Å². The summed E-state index contributed by atoms with van der Waals surface area (Å²) < 4.78 is 2.18. The highest BCUT2D eigenvalue weighted by Gasteiger charge is 2.60. The van der Waals surface area contributed by atoms with Gasteiger partial charge in [0.05, 0.1) is 23.3 Å². The van der Waals surface area contributed by atoms with Crippen LogP contribution in [-0.4, -0.2) is 26.5 Å². The van der Waals surface area contributed by atoms with E-state index >= 15 is 0 Å². The average molecular weight is 502 g/mol. The van der Waals surface area contributed by atoms with Crippen LogP contribution in [0.25, 0.3) is 0 Å². The van der Waals surface area contributed by atoms with Gasteiger partial charge in [0, 0.05) is 5.56 Å². The van der Waals surface area contributed by atoms with Crippen molar-refractivity contribution < 1.29 is 14.6 Å². The second-order valence-corrected chi connectivity index (χ2v) is 10.5.